The number of Topliss-reactive ketones (excluding diaryl/α,β-unsaturated/α-hetero) is 1. The molecule has 2 amide bonds. The fourth-order valence-electron chi connectivity index (χ4n) is 2.32. The summed E-state index contributed by atoms with van der Waals surface area (Å²) in [6, 6.07) is 14.0. The summed E-state index contributed by atoms with van der Waals surface area (Å²) in [5.41, 5.74) is 2.20. The molecule has 2 aromatic carbocycles. The number of carbonyl (C=O) groups is 2. The number of ketones is 1. The maximum absolute atomic E-state index is 12.3. The van der Waals surface area contributed by atoms with E-state index in [1.165, 1.54) is 0 Å². The molecule has 0 aliphatic heterocycles. The van der Waals surface area contributed by atoms with Crippen molar-refractivity contribution >= 4 is 17.5 Å². The monoisotopic (exact) mass is 326 g/mol. The van der Waals surface area contributed by atoms with Crippen LogP contribution in [0.4, 0.5) is 10.5 Å². The van der Waals surface area contributed by atoms with Crippen LogP contribution in [0, 0.1) is 0 Å². The van der Waals surface area contributed by atoms with Gasteiger partial charge in [-0.1, -0.05) is 32.0 Å². The van der Waals surface area contributed by atoms with Gasteiger partial charge in [0.15, 0.2) is 5.78 Å². The molecule has 0 atom stereocenters. The summed E-state index contributed by atoms with van der Waals surface area (Å²) in [5.74, 6) is 0.848. The van der Waals surface area contributed by atoms with E-state index >= 15 is 0 Å². The average molecular weight is 326 g/mol. The van der Waals surface area contributed by atoms with Gasteiger partial charge in [0.25, 0.3) is 0 Å². The molecule has 24 heavy (non-hydrogen) atoms. The van der Waals surface area contributed by atoms with Gasteiger partial charge in [-0.3, -0.25) is 4.79 Å². The minimum atomic E-state index is -0.410. The number of rotatable bonds is 6. The first-order chi connectivity index (χ1) is 11.5. The van der Waals surface area contributed by atoms with Gasteiger partial charge in [-0.2, -0.15) is 0 Å². The summed E-state index contributed by atoms with van der Waals surface area (Å²) in [7, 11) is 1.61. The number of hydrogen-bond donors (Lipinski definition) is 2. The zero-order valence-corrected chi connectivity index (χ0v) is 14.1. The zero-order chi connectivity index (χ0) is 17.5. The van der Waals surface area contributed by atoms with E-state index in [-0.39, 0.29) is 18.2 Å². The molecule has 5 nitrogen and oxygen atoms in total. The highest BCUT2D eigenvalue weighted by molar-refractivity contribution is 6.01. The number of urea groups is 1. The van der Waals surface area contributed by atoms with Gasteiger partial charge in [-0.15, -0.1) is 0 Å². The van der Waals surface area contributed by atoms with Crippen molar-refractivity contribution in [3.8, 4) is 5.75 Å². The van der Waals surface area contributed by atoms with Crippen LogP contribution < -0.4 is 15.4 Å². The van der Waals surface area contributed by atoms with E-state index in [0.717, 1.165) is 11.3 Å². The number of nitrogens with one attached hydrogen (secondary N) is 2. The molecule has 2 aromatic rings. The highest BCUT2D eigenvalue weighted by atomic mass is 16.5. The summed E-state index contributed by atoms with van der Waals surface area (Å²) in [6.45, 7) is 4.01. The SMILES string of the molecule is COc1ccc(C(=O)CNC(=O)Nc2ccccc2)cc1C(C)C. The highest BCUT2D eigenvalue weighted by Gasteiger charge is 2.13. The van der Waals surface area contributed by atoms with Crippen LogP contribution in [0.2, 0.25) is 0 Å². The molecule has 0 saturated carbocycles. The Balaban J connectivity index is 1.97. The molecule has 0 spiro atoms. The van der Waals surface area contributed by atoms with E-state index in [1.807, 2.05) is 38.1 Å². The predicted octanol–water partition coefficient (Wildman–Crippen LogP) is 3.82. The lowest BCUT2D eigenvalue weighted by atomic mass is 9.98. The van der Waals surface area contributed by atoms with Crippen molar-refractivity contribution in [3.05, 3.63) is 59.7 Å². The number of methoxy groups -OCH3 is 1. The minimum Gasteiger partial charge on any atom is -0.496 e. The molecule has 5 heteroatoms. The molecule has 2 rings (SSSR count). The normalized spacial score (nSPS) is 10.3. The first-order valence-corrected chi connectivity index (χ1v) is 7.82. The zero-order valence-electron chi connectivity index (χ0n) is 14.1. The standard InChI is InChI=1S/C19H22N2O3/c1-13(2)16-11-14(9-10-18(16)24-3)17(22)12-20-19(23)21-15-7-5-4-6-8-15/h4-11,13H,12H2,1-3H3,(H2,20,21,23). The molecule has 0 unspecified atom stereocenters. The number of anilines is 1. The molecule has 126 valence electrons. The average Bonchev–Trinajstić information content (AvgIpc) is 2.59. The van der Waals surface area contributed by atoms with Crippen LogP contribution in [-0.2, 0) is 0 Å². The van der Waals surface area contributed by atoms with Crippen LogP contribution in [0.3, 0.4) is 0 Å². The molecule has 0 radical (unpaired) electrons. The van der Waals surface area contributed by atoms with Crippen molar-refractivity contribution in [3.63, 3.8) is 0 Å². The Morgan fingerprint density at radius 2 is 1.79 bits per heavy atom. The second-order valence-corrected chi connectivity index (χ2v) is 5.71. The number of carbonyl (C=O) groups excluding carboxylic acids is 2. The second-order valence-electron chi connectivity index (χ2n) is 5.71. The number of hydrogen-bond acceptors (Lipinski definition) is 3. The highest BCUT2D eigenvalue weighted by Crippen LogP contribution is 2.27. The Kier molecular flexibility index (Phi) is 5.95. The molecule has 0 saturated heterocycles. The maximum Gasteiger partial charge on any atom is 0.319 e. The summed E-state index contributed by atoms with van der Waals surface area (Å²) >= 11 is 0. The lowest BCUT2D eigenvalue weighted by Crippen LogP contribution is -2.33. The first kappa shape index (κ1) is 17.5. The van der Waals surface area contributed by atoms with E-state index in [9.17, 15) is 9.59 Å². The van der Waals surface area contributed by atoms with Gasteiger partial charge >= 0.3 is 6.03 Å². The molecule has 0 aliphatic rings. The number of amides is 2. The van der Waals surface area contributed by atoms with Crippen molar-refractivity contribution in [2.75, 3.05) is 19.0 Å². The Morgan fingerprint density at radius 3 is 2.42 bits per heavy atom. The Morgan fingerprint density at radius 1 is 1.08 bits per heavy atom. The maximum atomic E-state index is 12.3. The van der Waals surface area contributed by atoms with Gasteiger partial charge < -0.3 is 15.4 Å². The van der Waals surface area contributed by atoms with Crippen molar-refractivity contribution < 1.29 is 14.3 Å². The van der Waals surface area contributed by atoms with Crippen molar-refractivity contribution in [2.24, 2.45) is 0 Å². The summed E-state index contributed by atoms with van der Waals surface area (Å²) in [6.07, 6.45) is 0. The molecule has 0 aliphatic carbocycles. The van der Waals surface area contributed by atoms with Crippen molar-refractivity contribution in [2.45, 2.75) is 19.8 Å². The lowest BCUT2D eigenvalue weighted by Gasteiger charge is -2.13. The van der Waals surface area contributed by atoms with E-state index in [1.54, 1.807) is 31.4 Å². The number of benzene rings is 2. The number of ether oxygens (including phenoxy) is 1. The molecule has 0 heterocycles. The van der Waals surface area contributed by atoms with Gasteiger partial charge in [0.05, 0.1) is 13.7 Å². The summed E-state index contributed by atoms with van der Waals surface area (Å²) in [5, 5.41) is 5.25. The van der Waals surface area contributed by atoms with Gasteiger partial charge in [-0.25, -0.2) is 4.79 Å². The van der Waals surface area contributed by atoms with E-state index in [2.05, 4.69) is 10.6 Å². The third kappa shape index (κ3) is 4.59. The quantitative estimate of drug-likeness (QED) is 0.793. The topological polar surface area (TPSA) is 67.4 Å². The van der Waals surface area contributed by atoms with Gasteiger partial charge in [0.1, 0.15) is 5.75 Å². The first-order valence-electron chi connectivity index (χ1n) is 7.82. The third-order valence-corrected chi connectivity index (χ3v) is 3.61. The van der Waals surface area contributed by atoms with E-state index in [0.29, 0.717) is 11.3 Å². The van der Waals surface area contributed by atoms with E-state index < -0.39 is 6.03 Å². The van der Waals surface area contributed by atoms with Crippen LogP contribution in [0.25, 0.3) is 0 Å². The molecule has 2 N–H and O–H groups in total. The lowest BCUT2D eigenvalue weighted by molar-refractivity contribution is 0.0993. The van der Waals surface area contributed by atoms with Gasteiger partial charge in [-0.05, 0) is 41.8 Å². The van der Waals surface area contributed by atoms with Gasteiger partial charge in [0, 0.05) is 11.3 Å². The largest absolute Gasteiger partial charge is 0.496 e. The van der Waals surface area contributed by atoms with Gasteiger partial charge in [0.2, 0.25) is 0 Å². The molecular formula is C19H22N2O3. The van der Waals surface area contributed by atoms with E-state index in [4.69, 9.17) is 4.74 Å². The fraction of sp³-hybridized carbons (Fsp3) is 0.263. The number of para-hydroxylation sites is 1. The fourth-order valence-corrected chi connectivity index (χ4v) is 2.32. The molecule has 0 aromatic heterocycles. The molecule has 0 fully saturated rings. The smallest absolute Gasteiger partial charge is 0.319 e. The van der Waals surface area contributed by atoms with Crippen LogP contribution in [-0.4, -0.2) is 25.5 Å². The summed E-state index contributed by atoms with van der Waals surface area (Å²) < 4.78 is 5.31. The Bertz CT molecular complexity index is 712. The van der Waals surface area contributed by atoms with Crippen molar-refractivity contribution in [1.82, 2.24) is 5.32 Å². The molecular weight excluding hydrogens is 304 g/mol. The van der Waals surface area contributed by atoms with Crippen LogP contribution in [0.5, 0.6) is 5.75 Å². The second kappa shape index (κ2) is 8.15. The third-order valence-electron chi connectivity index (χ3n) is 3.61. The predicted molar refractivity (Wildman–Crippen MR) is 94.9 cm³/mol. The van der Waals surface area contributed by atoms with Crippen LogP contribution in [0.1, 0.15) is 35.7 Å². The van der Waals surface area contributed by atoms with Crippen LogP contribution in [0.15, 0.2) is 48.5 Å². The van der Waals surface area contributed by atoms with Crippen molar-refractivity contribution in [1.29, 1.82) is 0 Å². The minimum absolute atomic E-state index is 0.0669. The summed E-state index contributed by atoms with van der Waals surface area (Å²) in [4.78, 5) is 24.1. The van der Waals surface area contributed by atoms with Crippen LogP contribution >= 0.6 is 0 Å². The molecule has 0 bridgehead atoms. The Labute approximate surface area is 142 Å². The Hall–Kier alpha value is -2.82.